The maximum absolute atomic E-state index is 13.1. The molecule has 1 saturated heterocycles. The lowest BCUT2D eigenvalue weighted by Gasteiger charge is -2.30. The van der Waals surface area contributed by atoms with Crippen molar-refractivity contribution in [2.75, 3.05) is 13.1 Å². The Kier molecular flexibility index (Phi) is 6.24. The van der Waals surface area contributed by atoms with Gasteiger partial charge in [-0.25, -0.2) is 13.4 Å². The molecule has 2 aromatic carbocycles. The summed E-state index contributed by atoms with van der Waals surface area (Å²) in [5, 5.41) is 7.73. The fourth-order valence-corrected chi connectivity index (χ4v) is 6.35. The van der Waals surface area contributed by atoms with E-state index in [1.807, 2.05) is 54.8 Å². The second-order valence-corrected chi connectivity index (χ2v) is 11.4. The molecule has 0 spiro atoms. The Morgan fingerprint density at radius 1 is 1.12 bits per heavy atom. The number of aryl methyl sites for hydroxylation is 1. The van der Waals surface area contributed by atoms with Gasteiger partial charge in [0.15, 0.2) is 5.76 Å². The van der Waals surface area contributed by atoms with Crippen LogP contribution in [0.15, 0.2) is 69.3 Å². The standard InChI is InChI=1S/C25H25N3O4S2/c1-17-27-23(16-33-17)24-9-7-21(32-24)15-26-25(29)19-10-12-28(13-11-19)34(30,31)22-8-6-18-4-2-3-5-20(18)14-22/h2-9,14,16,19H,10-13,15H2,1H3,(H,26,29). The summed E-state index contributed by atoms with van der Waals surface area (Å²) in [6, 6.07) is 16.6. The average molecular weight is 496 g/mol. The monoisotopic (exact) mass is 495 g/mol. The molecule has 1 N–H and O–H groups in total. The zero-order valence-electron chi connectivity index (χ0n) is 18.7. The highest BCUT2D eigenvalue weighted by Gasteiger charge is 2.32. The number of nitrogens with one attached hydrogen (secondary N) is 1. The molecule has 176 valence electrons. The first-order valence-electron chi connectivity index (χ1n) is 11.2. The predicted molar refractivity (Wildman–Crippen MR) is 132 cm³/mol. The van der Waals surface area contributed by atoms with Gasteiger partial charge in [-0.2, -0.15) is 4.31 Å². The van der Waals surface area contributed by atoms with E-state index in [9.17, 15) is 13.2 Å². The highest BCUT2D eigenvalue weighted by Crippen LogP contribution is 2.27. The van der Waals surface area contributed by atoms with Crippen LogP contribution in [0.5, 0.6) is 0 Å². The van der Waals surface area contributed by atoms with E-state index in [0.29, 0.717) is 37.5 Å². The van der Waals surface area contributed by atoms with Crippen LogP contribution in [0.2, 0.25) is 0 Å². The fourth-order valence-electron chi connectivity index (χ4n) is 4.24. The number of carbonyl (C=O) groups excluding carboxylic acids is 1. The van der Waals surface area contributed by atoms with Gasteiger partial charge in [-0.1, -0.05) is 30.3 Å². The van der Waals surface area contributed by atoms with Crippen molar-refractivity contribution < 1.29 is 17.6 Å². The maximum atomic E-state index is 13.1. The van der Waals surface area contributed by atoms with Gasteiger partial charge in [0.1, 0.15) is 11.5 Å². The summed E-state index contributed by atoms with van der Waals surface area (Å²) < 4.78 is 33.6. The van der Waals surface area contributed by atoms with Gasteiger partial charge in [0.2, 0.25) is 15.9 Å². The number of fused-ring (bicyclic) bond motifs is 1. The molecule has 4 aromatic rings. The Bertz CT molecular complexity index is 1430. The molecule has 2 aromatic heterocycles. The number of piperidine rings is 1. The normalized spacial score (nSPS) is 15.6. The second-order valence-electron chi connectivity index (χ2n) is 8.42. The number of hydrogen-bond donors (Lipinski definition) is 1. The molecule has 3 heterocycles. The maximum Gasteiger partial charge on any atom is 0.243 e. The van der Waals surface area contributed by atoms with Crippen LogP contribution in [-0.2, 0) is 21.4 Å². The van der Waals surface area contributed by atoms with E-state index in [1.165, 1.54) is 4.31 Å². The second kappa shape index (κ2) is 9.32. The third kappa shape index (κ3) is 4.64. The summed E-state index contributed by atoms with van der Waals surface area (Å²) in [4.78, 5) is 17.4. The van der Waals surface area contributed by atoms with Crippen molar-refractivity contribution >= 4 is 38.0 Å². The van der Waals surface area contributed by atoms with Gasteiger partial charge >= 0.3 is 0 Å². The third-order valence-electron chi connectivity index (χ3n) is 6.15. The Morgan fingerprint density at radius 3 is 2.62 bits per heavy atom. The first kappa shape index (κ1) is 22.8. The number of aromatic nitrogens is 1. The van der Waals surface area contributed by atoms with Crippen molar-refractivity contribution in [3.8, 4) is 11.5 Å². The van der Waals surface area contributed by atoms with Gasteiger partial charge in [0, 0.05) is 24.4 Å². The fraction of sp³-hybridized carbons (Fsp3) is 0.280. The molecule has 1 amide bonds. The number of rotatable bonds is 6. The predicted octanol–water partition coefficient (Wildman–Crippen LogP) is 4.58. The van der Waals surface area contributed by atoms with E-state index in [2.05, 4.69) is 10.3 Å². The number of carbonyl (C=O) groups is 1. The number of hydrogen-bond acceptors (Lipinski definition) is 6. The van der Waals surface area contributed by atoms with E-state index in [0.717, 1.165) is 21.5 Å². The molecule has 0 atom stereocenters. The quantitative estimate of drug-likeness (QED) is 0.423. The summed E-state index contributed by atoms with van der Waals surface area (Å²) >= 11 is 1.56. The third-order valence-corrected chi connectivity index (χ3v) is 8.82. The van der Waals surface area contributed by atoms with Crippen molar-refractivity contribution in [3.05, 3.63) is 70.7 Å². The van der Waals surface area contributed by atoms with Crippen LogP contribution < -0.4 is 5.32 Å². The first-order valence-corrected chi connectivity index (χ1v) is 13.5. The summed E-state index contributed by atoms with van der Waals surface area (Å²) in [6.45, 7) is 2.87. The van der Waals surface area contributed by atoms with E-state index in [-0.39, 0.29) is 23.3 Å². The SMILES string of the molecule is Cc1nc(-c2ccc(CNC(=O)C3CCN(S(=O)(=O)c4ccc5ccccc5c4)CC3)o2)cs1. The summed E-state index contributed by atoms with van der Waals surface area (Å²) in [5.41, 5.74) is 0.792. The first-order chi connectivity index (χ1) is 16.4. The molecule has 1 fully saturated rings. The summed E-state index contributed by atoms with van der Waals surface area (Å²) in [5.74, 6) is 1.04. The molecular weight excluding hydrogens is 470 g/mol. The van der Waals surface area contributed by atoms with Crippen molar-refractivity contribution in [2.24, 2.45) is 5.92 Å². The van der Waals surface area contributed by atoms with E-state index < -0.39 is 10.0 Å². The molecule has 0 aliphatic carbocycles. The zero-order valence-corrected chi connectivity index (χ0v) is 20.4. The van der Waals surface area contributed by atoms with Crippen LogP contribution in [0.25, 0.3) is 22.2 Å². The Balaban J connectivity index is 1.17. The summed E-state index contributed by atoms with van der Waals surface area (Å²) in [7, 11) is -3.60. The van der Waals surface area contributed by atoms with Gasteiger partial charge in [0.05, 0.1) is 16.4 Å². The molecule has 9 heteroatoms. The lowest BCUT2D eigenvalue weighted by atomic mass is 9.97. The minimum absolute atomic E-state index is 0.0785. The molecule has 0 radical (unpaired) electrons. The highest BCUT2D eigenvalue weighted by atomic mass is 32.2. The van der Waals surface area contributed by atoms with Gasteiger partial charge in [0.25, 0.3) is 0 Å². The Hall–Kier alpha value is -3.01. The van der Waals surface area contributed by atoms with E-state index >= 15 is 0 Å². The minimum Gasteiger partial charge on any atom is -0.458 e. The molecule has 34 heavy (non-hydrogen) atoms. The van der Waals surface area contributed by atoms with Crippen molar-refractivity contribution in [3.63, 3.8) is 0 Å². The molecule has 1 aliphatic rings. The number of furan rings is 1. The summed E-state index contributed by atoms with van der Waals surface area (Å²) in [6.07, 6.45) is 0.973. The molecule has 7 nitrogen and oxygen atoms in total. The zero-order chi connectivity index (χ0) is 23.7. The lowest BCUT2D eigenvalue weighted by molar-refractivity contribution is -0.126. The van der Waals surface area contributed by atoms with Gasteiger partial charge < -0.3 is 9.73 Å². The van der Waals surface area contributed by atoms with Crippen LogP contribution in [0.3, 0.4) is 0 Å². The Labute approximate surface area is 202 Å². The van der Waals surface area contributed by atoms with Gasteiger partial charge in [-0.05, 0) is 54.8 Å². The van der Waals surface area contributed by atoms with Crippen LogP contribution >= 0.6 is 11.3 Å². The molecule has 5 rings (SSSR count). The van der Waals surface area contributed by atoms with E-state index in [1.54, 1.807) is 23.5 Å². The highest BCUT2D eigenvalue weighted by molar-refractivity contribution is 7.89. The van der Waals surface area contributed by atoms with Crippen LogP contribution in [-0.4, -0.2) is 36.7 Å². The van der Waals surface area contributed by atoms with Crippen LogP contribution in [0.1, 0.15) is 23.6 Å². The number of nitrogens with zero attached hydrogens (tertiary/aromatic N) is 2. The van der Waals surface area contributed by atoms with Gasteiger partial charge in [-0.3, -0.25) is 4.79 Å². The number of amides is 1. The molecule has 0 bridgehead atoms. The molecule has 1 aliphatic heterocycles. The smallest absolute Gasteiger partial charge is 0.243 e. The Morgan fingerprint density at radius 2 is 1.88 bits per heavy atom. The molecule has 0 saturated carbocycles. The lowest BCUT2D eigenvalue weighted by Crippen LogP contribution is -2.42. The molecule has 0 unspecified atom stereocenters. The van der Waals surface area contributed by atoms with Gasteiger partial charge in [-0.15, -0.1) is 11.3 Å². The number of benzene rings is 2. The van der Waals surface area contributed by atoms with Crippen molar-refractivity contribution in [1.82, 2.24) is 14.6 Å². The number of sulfonamides is 1. The van der Waals surface area contributed by atoms with Crippen molar-refractivity contribution in [1.29, 1.82) is 0 Å². The van der Waals surface area contributed by atoms with E-state index in [4.69, 9.17) is 4.42 Å². The van der Waals surface area contributed by atoms with Crippen LogP contribution in [0.4, 0.5) is 0 Å². The largest absolute Gasteiger partial charge is 0.458 e. The average Bonchev–Trinajstić information content (AvgIpc) is 3.51. The minimum atomic E-state index is -3.60. The topological polar surface area (TPSA) is 92.5 Å². The molecular formula is C25H25N3O4S2. The van der Waals surface area contributed by atoms with Crippen LogP contribution in [0, 0.1) is 12.8 Å². The van der Waals surface area contributed by atoms with Crippen molar-refractivity contribution in [2.45, 2.75) is 31.2 Å². The number of thiazole rings is 1.